The zero-order valence-electron chi connectivity index (χ0n) is 5.41. The Balaban J connectivity index is 2.56. The van der Waals surface area contributed by atoms with Gasteiger partial charge in [0.1, 0.15) is 0 Å². The summed E-state index contributed by atoms with van der Waals surface area (Å²) in [5.41, 5.74) is 0. The molecule has 1 aliphatic rings. The minimum absolute atomic E-state index is 0.0245. The molecule has 1 fully saturated rings. The van der Waals surface area contributed by atoms with Crippen molar-refractivity contribution < 1.29 is 12.6 Å². The second-order valence-corrected chi connectivity index (χ2v) is 3.96. The lowest BCUT2D eigenvalue weighted by Crippen LogP contribution is -2.24. The molecule has 0 aromatic heterocycles. The third-order valence-electron chi connectivity index (χ3n) is 1.40. The van der Waals surface area contributed by atoms with Crippen molar-refractivity contribution in [1.29, 1.82) is 0 Å². The summed E-state index contributed by atoms with van der Waals surface area (Å²) in [4.78, 5) is 0. The van der Waals surface area contributed by atoms with E-state index in [4.69, 9.17) is 6.42 Å². The Morgan fingerprint density at radius 2 is 2.30 bits per heavy atom. The summed E-state index contributed by atoms with van der Waals surface area (Å²) in [6, 6.07) is 0. The van der Waals surface area contributed by atoms with Crippen LogP contribution in [0.4, 0.5) is 0 Å². The van der Waals surface area contributed by atoms with Gasteiger partial charge in [-0.2, -0.15) is 8.42 Å². The van der Waals surface area contributed by atoms with E-state index >= 15 is 0 Å². The molecule has 56 valence electrons. The largest absolute Gasteiger partial charge is 0.269 e. The molecule has 0 aromatic rings. The lowest BCUT2D eigenvalue weighted by atomic mass is 10.1. The molecule has 0 saturated carbocycles. The second kappa shape index (κ2) is 2.60. The summed E-state index contributed by atoms with van der Waals surface area (Å²) >= 11 is 0. The normalized spacial score (nSPS) is 30.9. The standard InChI is InChI=1S/C6H8O3S/c1-2-6-3-4-10(7,8)9-5-6/h1,6H,3-5H2. The molecule has 1 saturated heterocycles. The first kappa shape index (κ1) is 7.58. The lowest BCUT2D eigenvalue weighted by molar-refractivity contribution is 0.259. The first-order chi connectivity index (χ1) is 4.64. The van der Waals surface area contributed by atoms with E-state index in [0.29, 0.717) is 6.42 Å². The van der Waals surface area contributed by atoms with Crippen LogP contribution in [0.5, 0.6) is 0 Å². The fourth-order valence-corrected chi connectivity index (χ4v) is 1.81. The maximum absolute atomic E-state index is 10.6. The monoisotopic (exact) mass is 160 g/mol. The average molecular weight is 160 g/mol. The van der Waals surface area contributed by atoms with Crippen LogP contribution in [0.15, 0.2) is 0 Å². The van der Waals surface area contributed by atoms with Crippen molar-refractivity contribution in [3.8, 4) is 12.3 Å². The molecule has 4 heteroatoms. The van der Waals surface area contributed by atoms with Gasteiger partial charge < -0.3 is 0 Å². The molecule has 0 radical (unpaired) electrons. The Kier molecular flexibility index (Phi) is 1.97. The highest BCUT2D eigenvalue weighted by Crippen LogP contribution is 2.13. The van der Waals surface area contributed by atoms with Crippen LogP contribution in [0, 0.1) is 18.3 Å². The van der Waals surface area contributed by atoms with E-state index in [1.165, 1.54) is 0 Å². The van der Waals surface area contributed by atoms with Crippen LogP contribution in [0.3, 0.4) is 0 Å². The molecule has 0 aliphatic carbocycles. The van der Waals surface area contributed by atoms with E-state index in [-0.39, 0.29) is 18.3 Å². The van der Waals surface area contributed by atoms with Gasteiger partial charge in [-0.1, -0.05) is 0 Å². The van der Waals surface area contributed by atoms with Crippen LogP contribution in [0.2, 0.25) is 0 Å². The molecule has 0 spiro atoms. The van der Waals surface area contributed by atoms with Gasteiger partial charge in [0.25, 0.3) is 10.1 Å². The van der Waals surface area contributed by atoms with Crippen molar-refractivity contribution in [2.45, 2.75) is 6.42 Å². The van der Waals surface area contributed by atoms with E-state index in [0.717, 1.165) is 0 Å². The molecule has 1 atom stereocenters. The van der Waals surface area contributed by atoms with Crippen LogP contribution >= 0.6 is 0 Å². The summed E-state index contributed by atoms with van der Waals surface area (Å²) in [5.74, 6) is 2.49. The van der Waals surface area contributed by atoms with Crippen molar-refractivity contribution in [3.63, 3.8) is 0 Å². The van der Waals surface area contributed by atoms with Crippen molar-refractivity contribution in [1.82, 2.24) is 0 Å². The average Bonchev–Trinajstić information content (AvgIpc) is 1.88. The van der Waals surface area contributed by atoms with Gasteiger partial charge in [-0.05, 0) is 6.42 Å². The molecule has 0 amide bonds. The fraction of sp³-hybridized carbons (Fsp3) is 0.667. The van der Waals surface area contributed by atoms with Crippen LogP contribution in [-0.4, -0.2) is 20.8 Å². The first-order valence-corrected chi connectivity index (χ1v) is 4.55. The minimum Gasteiger partial charge on any atom is -0.269 e. The predicted octanol–water partition coefficient (Wildman–Crippen LogP) is -0.0141. The SMILES string of the molecule is C#CC1CCS(=O)(=O)OC1. The van der Waals surface area contributed by atoms with E-state index in [1.54, 1.807) is 0 Å². The van der Waals surface area contributed by atoms with Crippen LogP contribution in [0.1, 0.15) is 6.42 Å². The highest BCUT2D eigenvalue weighted by Gasteiger charge is 2.22. The molecular weight excluding hydrogens is 152 g/mol. The summed E-state index contributed by atoms with van der Waals surface area (Å²) in [5, 5.41) is 0. The molecule has 1 heterocycles. The van der Waals surface area contributed by atoms with Crippen molar-refractivity contribution in [3.05, 3.63) is 0 Å². The van der Waals surface area contributed by atoms with Gasteiger partial charge in [0.15, 0.2) is 0 Å². The maximum atomic E-state index is 10.6. The van der Waals surface area contributed by atoms with Gasteiger partial charge in [0, 0.05) is 5.92 Å². The van der Waals surface area contributed by atoms with Gasteiger partial charge in [-0.25, -0.2) is 0 Å². The van der Waals surface area contributed by atoms with Crippen LogP contribution in [-0.2, 0) is 14.3 Å². The van der Waals surface area contributed by atoms with Crippen molar-refractivity contribution in [2.24, 2.45) is 5.92 Å². The summed E-state index contributed by atoms with van der Waals surface area (Å²) in [7, 11) is -3.22. The molecule has 1 aliphatic heterocycles. The van der Waals surface area contributed by atoms with Gasteiger partial charge in [-0.3, -0.25) is 4.18 Å². The molecule has 10 heavy (non-hydrogen) atoms. The molecular formula is C6H8O3S. The van der Waals surface area contributed by atoms with Crippen molar-refractivity contribution in [2.75, 3.05) is 12.4 Å². The van der Waals surface area contributed by atoms with Gasteiger partial charge in [0.05, 0.1) is 12.4 Å². The Morgan fingerprint density at radius 1 is 1.60 bits per heavy atom. The third kappa shape index (κ3) is 1.72. The highest BCUT2D eigenvalue weighted by molar-refractivity contribution is 7.86. The molecule has 0 bridgehead atoms. The van der Waals surface area contributed by atoms with E-state index < -0.39 is 10.1 Å². The topological polar surface area (TPSA) is 43.4 Å². The molecule has 3 nitrogen and oxygen atoms in total. The smallest absolute Gasteiger partial charge is 0.267 e. The quantitative estimate of drug-likeness (QED) is 0.369. The van der Waals surface area contributed by atoms with Crippen LogP contribution < -0.4 is 0 Å². The summed E-state index contributed by atoms with van der Waals surface area (Å²) < 4.78 is 25.7. The Labute approximate surface area is 60.5 Å². The molecule has 1 rings (SSSR count). The number of hydrogen-bond donors (Lipinski definition) is 0. The summed E-state index contributed by atoms with van der Waals surface area (Å²) in [6.45, 7) is 0.152. The first-order valence-electron chi connectivity index (χ1n) is 2.97. The predicted molar refractivity (Wildman–Crippen MR) is 36.7 cm³/mol. The van der Waals surface area contributed by atoms with Gasteiger partial charge >= 0.3 is 0 Å². The third-order valence-corrected chi connectivity index (χ3v) is 2.63. The molecule has 1 unspecified atom stereocenters. The minimum atomic E-state index is -3.22. The molecule has 0 aromatic carbocycles. The van der Waals surface area contributed by atoms with E-state index in [2.05, 4.69) is 10.1 Å². The zero-order valence-corrected chi connectivity index (χ0v) is 6.23. The van der Waals surface area contributed by atoms with E-state index in [9.17, 15) is 8.42 Å². The van der Waals surface area contributed by atoms with E-state index in [1.807, 2.05) is 0 Å². The zero-order chi connectivity index (χ0) is 7.61. The Morgan fingerprint density at radius 3 is 2.70 bits per heavy atom. The number of rotatable bonds is 0. The number of hydrogen-bond acceptors (Lipinski definition) is 3. The van der Waals surface area contributed by atoms with Gasteiger partial charge in [-0.15, -0.1) is 12.3 Å². The van der Waals surface area contributed by atoms with Crippen LogP contribution in [0.25, 0.3) is 0 Å². The Bertz CT molecular complexity index is 233. The fourth-order valence-electron chi connectivity index (χ4n) is 0.746. The highest BCUT2D eigenvalue weighted by atomic mass is 32.2. The molecule has 0 N–H and O–H groups in total. The summed E-state index contributed by atoms with van der Waals surface area (Å²) in [6.07, 6.45) is 5.59. The second-order valence-electron chi connectivity index (χ2n) is 2.20. The van der Waals surface area contributed by atoms with Crippen molar-refractivity contribution >= 4 is 10.1 Å². The maximum Gasteiger partial charge on any atom is 0.267 e. The van der Waals surface area contributed by atoms with Gasteiger partial charge in [0.2, 0.25) is 0 Å². The number of terminal acetylenes is 1. The lowest BCUT2D eigenvalue weighted by Gasteiger charge is -2.16. The Hall–Kier alpha value is -0.530.